The number of nitro groups is 1. The van der Waals surface area contributed by atoms with Crippen molar-refractivity contribution in [3.8, 4) is 0 Å². The Bertz CT molecular complexity index is 422. The summed E-state index contributed by atoms with van der Waals surface area (Å²) in [5.74, 6) is -1.58. The molecule has 16 heavy (non-hydrogen) atoms. The van der Waals surface area contributed by atoms with Gasteiger partial charge in [0.15, 0.2) is 0 Å². The summed E-state index contributed by atoms with van der Waals surface area (Å²) in [6, 6.07) is 2.62. The van der Waals surface area contributed by atoms with E-state index in [-0.39, 0.29) is 12.2 Å². The van der Waals surface area contributed by atoms with Gasteiger partial charge in [0.05, 0.1) is 11.5 Å². The lowest BCUT2D eigenvalue weighted by Crippen LogP contribution is -2.24. The van der Waals surface area contributed by atoms with Crippen LogP contribution >= 0.6 is 0 Å². The Morgan fingerprint density at radius 2 is 2.31 bits per heavy atom. The lowest BCUT2D eigenvalue weighted by molar-refractivity contribution is -0.385. The largest absolute Gasteiger partial charge is 0.282 e. The maximum atomic E-state index is 12.8. The van der Waals surface area contributed by atoms with Crippen LogP contribution in [0.15, 0.2) is 18.2 Å². The van der Waals surface area contributed by atoms with Crippen molar-refractivity contribution in [1.29, 1.82) is 0 Å². The number of amides is 1. The van der Waals surface area contributed by atoms with Crippen molar-refractivity contribution >= 4 is 11.6 Å². The van der Waals surface area contributed by atoms with E-state index in [9.17, 15) is 19.3 Å². The van der Waals surface area contributed by atoms with Crippen LogP contribution in [0.3, 0.4) is 0 Å². The highest BCUT2D eigenvalue weighted by Gasteiger charge is 2.20. The van der Waals surface area contributed by atoms with E-state index in [1.807, 2.05) is 5.48 Å². The first-order valence-electron chi connectivity index (χ1n) is 4.42. The van der Waals surface area contributed by atoms with Gasteiger partial charge in [-0.05, 0) is 19.1 Å². The van der Waals surface area contributed by atoms with E-state index in [4.69, 9.17) is 0 Å². The van der Waals surface area contributed by atoms with Crippen molar-refractivity contribution in [1.82, 2.24) is 5.48 Å². The monoisotopic (exact) mass is 228 g/mol. The van der Waals surface area contributed by atoms with Crippen LogP contribution in [0, 0.1) is 15.9 Å². The molecule has 1 aromatic carbocycles. The minimum Gasteiger partial charge on any atom is -0.274 e. The Morgan fingerprint density at radius 3 is 2.88 bits per heavy atom. The molecule has 0 saturated carbocycles. The molecular formula is C9H9FN2O4. The molecule has 6 nitrogen and oxygen atoms in total. The topological polar surface area (TPSA) is 81.5 Å². The Labute approximate surface area is 90.1 Å². The second kappa shape index (κ2) is 5.17. The van der Waals surface area contributed by atoms with Crippen LogP contribution in [-0.2, 0) is 4.84 Å². The number of hydrogen-bond acceptors (Lipinski definition) is 4. The molecule has 1 rings (SSSR count). The predicted molar refractivity (Wildman–Crippen MR) is 52.1 cm³/mol. The van der Waals surface area contributed by atoms with Gasteiger partial charge in [-0.2, -0.15) is 0 Å². The number of hydroxylamine groups is 1. The van der Waals surface area contributed by atoms with Gasteiger partial charge in [-0.1, -0.05) is 0 Å². The summed E-state index contributed by atoms with van der Waals surface area (Å²) in [6.45, 7) is 1.83. The molecule has 0 unspecified atom stereocenters. The molecule has 0 fully saturated rings. The highest BCUT2D eigenvalue weighted by molar-refractivity contribution is 5.97. The second-order valence-corrected chi connectivity index (χ2v) is 2.78. The molecule has 1 N–H and O–H groups in total. The van der Waals surface area contributed by atoms with Crippen molar-refractivity contribution < 1.29 is 18.9 Å². The molecule has 0 heterocycles. The molecular weight excluding hydrogens is 219 g/mol. The number of nitrogens with one attached hydrogen (secondary N) is 1. The number of nitro benzene ring substituents is 1. The number of nitrogens with zero attached hydrogens (tertiary/aromatic N) is 1. The number of carbonyl (C=O) groups excluding carboxylic acids is 1. The SMILES string of the molecule is CCONC(=O)c1cc(F)ccc1[N+](=O)[O-]. The normalized spacial score (nSPS) is 9.88. The molecule has 1 amide bonds. The standard InChI is InChI=1S/C9H9FN2O4/c1-2-16-11-9(13)7-5-6(10)3-4-8(7)12(14)15/h3-5H,2H2,1H3,(H,11,13). The van der Waals surface area contributed by atoms with Crippen LogP contribution in [-0.4, -0.2) is 17.4 Å². The van der Waals surface area contributed by atoms with E-state index in [0.717, 1.165) is 18.2 Å². The van der Waals surface area contributed by atoms with Gasteiger partial charge in [0.1, 0.15) is 11.4 Å². The third kappa shape index (κ3) is 2.74. The number of carbonyl (C=O) groups is 1. The fraction of sp³-hybridized carbons (Fsp3) is 0.222. The summed E-state index contributed by atoms with van der Waals surface area (Å²) < 4.78 is 12.8. The van der Waals surface area contributed by atoms with Gasteiger partial charge in [0.25, 0.3) is 11.6 Å². The molecule has 0 aliphatic carbocycles. The van der Waals surface area contributed by atoms with Crippen LogP contribution in [0.25, 0.3) is 0 Å². The van der Waals surface area contributed by atoms with Crippen molar-refractivity contribution in [3.63, 3.8) is 0 Å². The van der Waals surface area contributed by atoms with Crippen molar-refractivity contribution in [2.24, 2.45) is 0 Å². The first-order chi connectivity index (χ1) is 7.56. The van der Waals surface area contributed by atoms with Crippen LogP contribution in [0.2, 0.25) is 0 Å². The summed E-state index contributed by atoms with van der Waals surface area (Å²) in [7, 11) is 0. The highest BCUT2D eigenvalue weighted by Crippen LogP contribution is 2.19. The Hall–Kier alpha value is -2.02. The van der Waals surface area contributed by atoms with E-state index < -0.39 is 22.3 Å². The van der Waals surface area contributed by atoms with Gasteiger partial charge >= 0.3 is 0 Å². The predicted octanol–water partition coefficient (Wildman–Crippen LogP) is 1.42. The summed E-state index contributed by atoms with van der Waals surface area (Å²) in [6.07, 6.45) is 0. The molecule has 0 aliphatic rings. The van der Waals surface area contributed by atoms with Crippen LogP contribution in [0.1, 0.15) is 17.3 Å². The zero-order valence-corrected chi connectivity index (χ0v) is 8.40. The molecule has 7 heteroatoms. The molecule has 1 aromatic rings. The lowest BCUT2D eigenvalue weighted by Gasteiger charge is -2.04. The fourth-order valence-corrected chi connectivity index (χ4v) is 1.04. The molecule has 0 radical (unpaired) electrons. The van der Waals surface area contributed by atoms with E-state index in [1.165, 1.54) is 0 Å². The average molecular weight is 228 g/mol. The number of rotatable bonds is 4. The lowest BCUT2D eigenvalue weighted by atomic mass is 10.1. The number of halogens is 1. The Kier molecular flexibility index (Phi) is 3.90. The maximum absolute atomic E-state index is 12.8. The number of benzene rings is 1. The number of hydrogen-bond donors (Lipinski definition) is 1. The Balaban J connectivity index is 3.04. The fourth-order valence-electron chi connectivity index (χ4n) is 1.04. The van der Waals surface area contributed by atoms with Crippen LogP contribution in [0.4, 0.5) is 10.1 Å². The summed E-state index contributed by atoms with van der Waals surface area (Å²) in [5.41, 5.74) is 1.11. The Morgan fingerprint density at radius 1 is 1.62 bits per heavy atom. The van der Waals surface area contributed by atoms with Gasteiger partial charge in [0, 0.05) is 6.07 Å². The second-order valence-electron chi connectivity index (χ2n) is 2.78. The van der Waals surface area contributed by atoms with Gasteiger partial charge < -0.3 is 0 Å². The molecule has 0 spiro atoms. The van der Waals surface area contributed by atoms with E-state index >= 15 is 0 Å². The summed E-state index contributed by atoms with van der Waals surface area (Å²) in [5, 5.41) is 10.6. The van der Waals surface area contributed by atoms with E-state index in [2.05, 4.69) is 4.84 Å². The molecule has 0 aromatic heterocycles. The average Bonchev–Trinajstić information content (AvgIpc) is 2.25. The maximum Gasteiger partial charge on any atom is 0.282 e. The molecule has 0 bridgehead atoms. The summed E-state index contributed by atoms with van der Waals surface area (Å²) in [4.78, 5) is 25.8. The van der Waals surface area contributed by atoms with Gasteiger partial charge in [-0.25, -0.2) is 9.87 Å². The highest BCUT2D eigenvalue weighted by atomic mass is 19.1. The van der Waals surface area contributed by atoms with Crippen molar-refractivity contribution in [2.45, 2.75) is 6.92 Å². The molecule has 0 saturated heterocycles. The van der Waals surface area contributed by atoms with E-state index in [0.29, 0.717) is 0 Å². The van der Waals surface area contributed by atoms with Crippen LogP contribution in [0.5, 0.6) is 0 Å². The first kappa shape index (κ1) is 12.1. The minimum absolute atomic E-state index is 0.203. The van der Waals surface area contributed by atoms with Gasteiger partial charge in [-0.3, -0.25) is 19.7 Å². The van der Waals surface area contributed by atoms with Gasteiger partial charge in [0.2, 0.25) is 0 Å². The summed E-state index contributed by atoms with van der Waals surface area (Å²) >= 11 is 0. The molecule has 0 atom stereocenters. The zero-order chi connectivity index (χ0) is 12.1. The smallest absolute Gasteiger partial charge is 0.274 e. The van der Waals surface area contributed by atoms with Crippen molar-refractivity contribution in [3.05, 3.63) is 39.7 Å². The third-order valence-corrected chi connectivity index (χ3v) is 1.71. The first-order valence-corrected chi connectivity index (χ1v) is 4.42. The quantitative estimate of drug-likeness (QED) is 0.624. The molecule has 0 aliphatic heterocycles. The third-order valence-electron chi connectivity index (χ3n) is 1.71. The molecule has 86 valence electrons. The van der Waals surface area contributed by atoms with Crippen LogP contribution < -0.4 is 5.48 Å². The minimum atomic E-state index is -0.854. The van der Waals surface area contributed by atoms with Crippen molar-refractivity contribution in [2.75, 3.05) is 6.61 Å². The van der Waals surface area contributed by atoms with Gasteiger partial charge in [-0.15, -0.1) is 0 Å². The van der Waals surface area contributed by atoms with E-state index in [1.54, 1.807) is 6.92 Å². The zero-order valence-electron chi connectivity index (χ0n) is 8.40.